The van der Waals surface area contributed by atoms with E-state index in [1.165, 1.54) is 12.1 Å². The van der Waals surface area contributed by atoms with E-state index in [1.807, 2.05) is 0 Å². The van der Waals surface area contributed by atoms with Gasteiger partial charge in [0.15, 0.2) is 0 Å². The number of nitrogens with one attached hydrogen (secondary N) is 1. The molecule has 1 aliphatic heterocycles. The van der Waals surface area contributed by atoms with Gasteiger partial charge in [-0.2, -0.15) is 0 Å². The Morgan fingerprint density at radius 1 is 1.48 bits per heavy atom. The SMILES string of the molecule is CC1(C)C(Nc2ccc(O)cc2[N+](=O)[O-])C2CCCOC21. The van der Waals surface area contributed by atoms with Gasteiger partial charge in [0.05, 0.1) is 17.1 Å². The van der Waals surface area contributed by atoms with Crippen LogP contribution in [0.1, 0.15) is 26.7 Å². The third-order valence-corrected chi connectivity index (χ3v) is 4.82. The molecule has 6 nitrogen and oxygen atoms in total. The number of phenolic OH excluding ortho intramolecular Hbond substituents is 1. The molecule has 21 heavy (non-hydrogen) atoms. The van der Waals surface area contributed by atoms with Crippen molar-refractivity contribution in [3.05, 3.63) is 28.3 Å². The van der Waals surface area contributed by atoms with Crippen LogP contribution in [0.5, 0.6) is 5.75 Å². The fourth-order valence-corrected chi connectivity index (χ4v) is 3.78. The number of hydrogen-bond donors (Lipinski definition) is 2. The van der Waals surface area contributed by atoms with Crippen molar-refractivity contribution < 1.29 is 14.8 Å². The van der Waals surface area contributed by atoms with Crippen molar-refractivity contribution in [2.45, 2.75) is 38.8 Å². The van der Waals surface area contributed by atoms with Gasteiger partial charge in [0.1, 0.15) is 11.4 Å². The van der Waals surface area contributed by atoms with Crippen LogP contribution in [0.4, 0.5) is 11.4 Å². The Hall–Kier alpha value is -1.82. The van der Waals surface area contributed by atoms with Crippen LogP contribution >= 0.6 is 0 Å². The molecule has 0 aromatic heterocycles. The largest absolute Gasteiger partial charge is 0.508 e. The Morgan fingerprint density at radius 2 is 2.24 bits per heavy atom. The molecular weight excluding hydrogens is 272 g/mol. The number of nitrogens with zero attached hydrogens (tertiary/aromatic N) is 1. The van der Waals surface area contributed by atoms with Crippen LogP contribution in [0, 0.1) is 21.4 Å². The summed E-state index contributed by atoms with van der Waals surface area (Å²) >= 11 is 0. The number of rotatable bonds is 3. The number of nitro groups is 1. The zero-order valence-electron chi connectivity index (χ0n) is 12.2. The Kier molecular flexibility index (Phi) is 3.28. The molecule has 0 spiro atoms. The van der Waals surface area contributed by atoms with Gasteiger partial charge in [0.2, 0.25) is 0 Å². The number of ether oxygens (including phenoxy) is 1. The highest BCUT2D eigenvalue weighted by atomic mass is 16.6. The van der Waals surface area contributed by atoms with Crippen LogP contribution < -0.4 is 5.32 Å². The summed E-state index contributed by atoms with van der Waals surface area (Å²) in [6.45, 7) is 5.06. The monoisotopic (exact) mass is 292 g/mol. The van der Waals surface area contributed by atoms with Gasteiger partial charge in [-0.3, -0.25) is 10.1 Å². The van der Waals surface area contributed by atoms with E-state index >= 15 is 0 Å². The molecule has 2 aliphatic rings. The molecule has 1 saturated carbocycles. The highest BCUT2D eigenvalue weighted by molar-refractivity contribution is 5.64. The molecule has 1 saturated heterocycles. The predicted octanol–water partition coefficient (Wildman–Crippen LogP) is 2.92. The van der Waals surface area contributed by atoms with E-state index in [4.69, 9.17) is 4.74 Å². The average molecular weight is 292 g/mol. The van der Waals surface area contributed by atoms with Gasteiger partial charge < -0.3 is 15.2 Å². The molecule has 6 heteroatoms. The highest BCUT2D eigenvalue weighted by Crippen LogP contribution is 2.52. The maximum Gasteiger partial charge on any atom is 0.296 e. The van der Waals surface area contributed by atoms with Crippen LogP contribution in [-0.2, 0) is 4.74 Å². The Bertz CT molecular complexity index is 573. The first-order valence-electron chi connectivity index (χ1n) is 7.27. The quantitative estimate of drug-likeness (QED) is 0.508. The van der Waals surface area contributed by atoms with Crippen LogP contribution in [0.3, 0.4) is 0 Å². The van der Waals surface area contributed by atoms with Crippen LogP contribution in [-0.4, -0.2) is 28.8 Å². The van der Waals surface area contributed by atoms with Gasteiger partial charge in [-0.15, -0.1) is 0 Å². The second kappa shape index (κ2) is 4.87. The Labute approximate surface area is 123 Å². The first-order chi connectivity index (χ1) is 9.91. The van der Waals surface area contributed by atoms with Crippen LogP contribution in [0.15, 0.2) is 18.2 Å². The number of anilines is 1. The zero-order valence-corrected chi connectivity index (χ0v) is 12.2. The molecule has 3 unspecified atom stereocenters. The van der Waals surface area contributed by atoms with Gasteiger partial charge in [0.25, 0.3) is 5.69 Å². The minimum Gasteiger partial charge on any atom is -0.508 e. The summed E-state index contributed by atoms with van der Waals surface area (Å²) in [4.78, 5) is 10.7. The lowest BCUT2D eigenvalue weighted by molar-refractivity contribution is -0.384. The topological polar surface area (TPSA) is 84.6 Å². The third kappa shape index (κ3) is 2.23. The summed E-state index contributed by atoms with van der Waals surface area (Å²) < 4.78 is 5.84. The fourth-order valence-electron chi connectivity index (χ4n) is 3.78. The smallest absolute Gasteiger partial charge is 0.296 e. The second-order valence-corrected chi connectivity index (χ2v) is 6.50. The molecule has 2 N–H and O–H groups in total. The molecule has 2 fully saturated rings. The molecule has 1 aromatic carbocycles. The van der Waals surface area contributed by atoms with Gasteiger partial charge in [-0.25, -0.2) is 0 Å². The molecule has 1 aromatic rings. The van der Waals surface area contributed by atoms with Crippen molar-refractivity contribution in [2.24, 2.45) is 11.3 Å². The summed E-state index contributed by atoms with van der Waals surface area (Å²) in [6.07, 6.45) is 2.34. The lowest BCUT2D eigenvalue weighted by atomic mass is 9.55. The number of aromatic hydroxyl groups is 1. The number of hydrogen-bond acceptors (Lipinski definition) is 5. The molecule has 114 valence electrons. The molecule has 0 amide bonds. The first-order valence-corrected chi connectivity index (χ1v) is 7.27. The van der Waals surface area contributed by atoms with Crippen molar-refractivity contribution in [1.82, 2.24) is 0 Å². The molecule has 3 rings (SSSR count). The van der Waals surface area contributed by atoms with E-state index in [0.717, 1.165) is 19.4 Å². The molecule has 3 atom stereocenters. The molecule has 0 radical (unpaired) electrons. The van der Waals surface area contributed by atoms with Gasteiger partial charge in [0, 0.05) is 24.0 Å². The fraction of sp³-hybridized carbons (Fsp3) is 0.600. The molecule has 1 aliphatic carbocycles. The number of phenols is 1. The summed E-state index contributed by atoms with van der Waals surface area (Å²) in [7, 11) is 0. The molecule has 0 bridgehead atoms. The first kappa shape index (κ1) is 14.1. The average Bonchev–Trinajstić information content (AvgIpc) is 2.45. The van der Waals surface area contributed by atoms with E-state index in [0.29, 0.717) is 11.6 Å². The van der Waals surface area contributed by atoms with Gasteiger partial charge >= 0.3 is 0 Å². The van der Waals surface area contributed by atoms with E-state index < -0.39 is 4.92 Å². The Morgan fingerprint density at radius 3 is 2.95 bits per heavy atom. The Balaban J connectivity index is 1.85. The van der Waals surface area contributed by atoms with Crippen molar-refractivity contribution in [2.75, 3.05) is 11.9 Å². The minimum absolute atomic E-state index is 0.0587. The number of benzene rings is 1. The zero-order chi connectivity index (χ0) is 15.2. The predicted molar refractivity (Wildman–Crippen MR) is 78.4 cm³/mol. The second-order valence-electron chi connectivity index (χ2n) is 6.50. The third-order valence-electron chi connectivity index (χ3n) is 4.82. The van der Waals surface area contributed by atoms with Crippen molar-refractivity contribution in [1.29, 1.82) is 0 Å². The highest BCUT2D eigenvalue weighted by Gasteiger charge is 2.58. The molecule has 1 heterocycles. The van der Waals surface area contributed by atoms with E-state index in [1.54, 1.807) is 6.07 Å². The maximum atomic E-state index is 11.1. The number of nitro benzene ring substituents is 1. The summed E-state index contributed by atoms with van der Waals surface area (Å²) in [5.74, 6) is 0.293. The van der Waals surface area contributed by atoms with Gasteiger partial charge in [-0.1, -0.05) is 13.8 Å². The molecular formula is C15H20N2O4. The summed E-state index contributed by atoms with van der Waals surface area (Å²) in [6, 6.07) is 4.37. The normalized spacial score (nSPS) is 30.1. The standard InChI is InChI=1S/C15H20N2O4/c1-15(2)13(10-4-3-7-21-14(10)15)16-11-6-5-9(18)8-12(11)17(19)20/h5-6,8,10,13-14,16,18H,3-4,7H2,1-2H3. The van der Waals surface area contributed by atoms with Crippen molar-refractivity contribution in [3.8, 4) is 5.75 Å². The van der Waals surface area contributed by atoms with Gasteiger partial charge in [-0.05, 0) is 25.0 Å². The van der Waals surface area contributed by atoms with E-state index in [9.17, 15) is 15.2 Å². The number of fused-ring (bicyclic) bond motifs is 1. The van der Waals surface area contributed by atoms with Crippen LogP contribution in [0.25, 0.3) is 0 Å². The lowest BCUT2D eigenvalue weighted by Gasteiger charge is -2.60. The van der Waals surface area contributed by atoms with Crippen LogP contribution in [0.2, 0.25) is 0 Å². The summed E-state index contributed by atoms with van der Waals surface area (Å²) in [5.41, 5.74) is 0.308. The maximum absolute atomic E-state index is 11.1. The van der Waals surface area contributed by atoms with Crippen molar-refractivity contribution >= 4 is 11.4 Å². The van der Waals surface area contributed by atoms with E-state index in [-0.39, 0.29) is 29.0 Å². The minimum atomic E-state index is -0.470. The van der Waals surface area contributed by atoms with E-state index in [2.05, 4.69) is 19.2 Å². The summed E-state index contributed by atoms with van der Waals surface area (Å²) in [5, 5.41) is 23.9. The lowest BCUT2D eigenvalue weighted by Crippen LogP contribution is -2.67. The van der Waals surface area contributed by atoms with Crippen molar-refractivity contribution in [3.63, 3.8) is 0 Å².